The van der Waals surface area contributed by atoms with E-state index >= 15 is 0 Å². The first-order chi connectivity index (χ1) is 11.7. The maximum atomic E-state index is 12.3. The number of thiophene rings is 1. The lowest BCUT2D eigenvalue weighted by Crippen LogP contribution is -2.47. The van der Waals surface area contributed by atoms with Crippen molar-refractivity contribution in [1.82, 2.24) is 10.2 Å². The van der Waals surface area contributed by atoms with Gasteiger partial charge in [-0.25, -0.2) is 0 Å². The predicted octanol–water partition coefficient (Wildman–Crippen LogP) is 2.64. The van der Waals surface area contributed by atoms with Crippen LogP contribution in [0, 0.1) is 0 Å². The highest BCUT2D eigenvalue weighted by atomic mass is 32.1. The molecule has 0 bridgehead atoms. The Bertz CT molecular complexity index is 662. The fraction of sp³-hybridized carbons (Fsp3) is 0.368. The number of benzene rings is 1. The van der Waals surface area contributed by atoms with E-state index in [-0.39, 0.29) is 17.9 Å². The zero-order chi connectivity index (χ0) is 16.8. The minimum Gasteiger partial charge on any atom is -0.353 e. The van der Waals surface area contributed by atoms with Gasteiger partial charge in [0.1, 0.15) is 0 Å². The molecule has 2 heterocycles. The van der Waals surface area contributed by atoms with Gasteiger partial charge in [0, 0.05) is 24.0 Å². The van der Waals surface area contributed by atoms with E-state index in [9.17, 15) is 9.59 Å². The minimum absolute atomic E-state index is 0.0598. The average molecular weight is 342 g/mol. The van der Waals surface area contributed by atoms with Crippen LogP contribution in [0.3, 0.4) is 0 Å². The Morgan fingerprint density at radius 1 is 1.04 bits per heavy atom. The number of carbonyl (C=O) groups excluding carboxylic acids is 2. The van der Waals surface area contributed by atoms with E-state index < -0.39 is 0 Å². The Morgan fingerprint density at radius 2 is 1.79 bits per heavy atom. The number of piperidine rings is 1. The first kappa shape index (κ1) is 16.7. The van der Waals surface area contributed by atoms with Crippen molar-refractivity contribution in [2.75, 3.05) is 13.1 Å². The van der Waals surface area contributed by atoms with Crippen LogP contribution in [-0.2, 0) is 22.4 Å². The number of likely N-dealkylation sites (tertiary alicyclic amines) is 1. The molecule has 0 aliphatic carbocycles. The Morgan fingerprint density at radius 3 is 2.46 bits per heavy atom. The van der Waals surface area contributed by atoms with Crippen molar-refractivity contribution in [2.45, 2.75) is 31.7 Å². The lowest BCUT2D eigenvalue weighted by atomic mass is 10.0. The molecule has 2 amide bonds. The first-order valence-electron chi connectivity index (χ1n) is 8.34. The largest absolute Gasteiger partial charge is 0.353 e. The van der Waals surface area contributed by atoms with Crippen LogP contribution in [0.15, 0.2) is 47.8 Å². The van der Waals surface area contributed by atoms with Crippen molar-refractivity contribution in [2.24, 2.45) is 0 Å². The molecule has 1 N–H and O–H groups in total. The van der Waals surface area contributed by atoms with E-state index in [0.29, 0.717) is 12.8 Å². The molecule has 4 nitrogen and oxygen atoms in total. The van der Waals surface area contributed by atoms with Crippen molar-refractivity contribution in [3.8, 4) is 0 Å². The van der Waals surface area contributed by atoms with Crippen LogP contribution in [-0.4, -0.2) is 35.8 Å². The number of hydrogen-bond donors (Lipinski definition) is 1. The van der Waals surface area contributed by atoms with E-state index in [0.717, 1.165) is 36.4 Å². The van der Waals surface area contributed by atoms with Crippen molar-refractivity contribution in [3.63, 3.8) is 0 Å². The van der Waals surface area contributed by atoms with Crippen LogP contribution >= 0.6 is 11.3 Å². The molecule has 126 valence electrons. The van der Waals surface area contributed by atoms with Gasteiger partial charge in [-0.1, -0.05) is 36.4 Å². The molecule has 1 aliphatic heterocycles. The zero-order valence-corrected chi connectivity index (χ0v) is 14.4. The quantitative estimate of drug-likeness (QED) is 0.908. The highest BCUT2D eigenvalue weighted by Crippen LogP contribution is 2.15. The molecule has 1 fully saturated rings. The third-order valence-corrected chi connectivity index (χ3v) is 5.20. The summed E-state index contributed by atoms with van der Waals surface area (Å²) in [5, 5.41) is 5.09. The number of carbonyl (C=O) groups is 2. The second-order valence-corrected chi connectivity index (χ2v) is 7.17. The van der Waals surface area contributed by atoms with Crippen LogP contribution < -0.4 is 5.32 Å². The highest BCUT2D eigenvalue weighted by molar-refractivity contribution is 7.10. The van der Waals surface area contributed by atoms with Gasteiger partial charge in [0.05, 0.1) is 12.8 Å². The van der Waals surface area contributed by atoms with E-state index in [4.69, 9.17) is 0 Å². The molecule has 0 radical (unpaired) electrons. The fourth-order valence-electron chi connectivity index (χ4n) is 3.01. The molecule has 1 aliphatic rings. The van der Waals surface area contributed by atoms with Crippen LogP contribution in [0.2, 0.25) is 0 Å². The summed E-state index contributed by atoms with van der Waals surface area (Å²) in [6.07, 6.45) is 2.56. The molecule has 2 aromatic rings. The lowest BCUT2D eigenvalue weighted by Gasteiger charge is -2.32. The fourth-order valence-corrected chi connectivity index (χ4v) is 3.70. The van der Waals surface area contributed by atoms with E-state index in [1.807, 2.05) is 52.7 Å². The Balaban J connectivity index is 1.41. The van der Waals surface area contributed by atoms with Gasteiger partial charge in [0.2, 0.25) is 11.8 Å². The van der Waals surface area contributed by atoms with Crippen molar-refractivity contribution in [3.05, 3.63) is 58.3 Å². The Hall–Kier alpha value is -2.14. The Kier molecular flexibility index (Phi) is 5.64. The molecule has 24 heavy (non-hydrogen) atoms. The molecule has 1 aromatic heterocycles. The molecular formula is C19H22N2O2S. The summed E-state index contributed by atoms with van der Waals surface area (Å²) in [5.41, 5.74) is 1.03. The van der Waals surface area contributed by atoms with Gasteiger partial charge in [-0.15, -0.1) is 11.3 Å². The lowest BCUT2D eigenvalue weighted by molar-refractivity contribution is -0.131. The SMILES string of the molecule is O=C(Cc1ccccc1)NC1CCN(C(=O)Cc2cccs2)CC1. The number of hydrogen-bond acceptors (Lipinski definition) is 3. The summed E-state index contributed by atoms with van der Waals surface area (Å²) >= 11 is 1.62. The summed E-state index contributed by atoms with van der Waals surface area (Å²) < 4.78 is 0. The van der Waals surface area contributed by atoms with Crippen LogP contribution in [0.1, 0.15) is 23.3 Å². The van der Waals surface area contributed by atoms with Crippen LogP contribution in [0.4, 0.5) is 0 Å². The van der Waals surface area contributed by atoms with Gasteiger partial charge < -0.3 is 10.2 Å². The second kappa shape index (κ2) is 8.11. The summed E-state index contributed by atoms with van der Waals surface area (Å²) in [7, 11) is 0. The normalized spacial score (nSPS) is 15.2. The van der Waals surface area contributed by atoms with Gasteiger partial charge in [-0.2, -0.15) is 0 Å². The highest BCUT2D eigenvalue weighted by Gasteiger charge is 2.24. The van der Waals surface area contributed by atoms with Crippen molar-refractivity contribution < 1.29 is 9.59 Å². The number of nitrogens with one attached hydrogen (secondary N) is 1. The molecule has 0 saturated carbocycles. The summed E-state index contributed by atoms with van der Waals surface area (Å²) in [6, 6.07) is 13.9. The zero-order valence-electron chi connectivity index (χ0n) is 13.6. The Labute approximate surface area is 146 Å². The molecule has 3 rings (SSSR count). The smallest absolute Gasteiger partial charge is 0.227 e. The maximum absolute atomic E-state index is 12.3. The van der Waals surface area contributed by atoms with Gasteiger partial charge in [-0.3, -0.25) is 9.59 Å². The maximum Gasteiger partial charge on any atom is 0.227 e. The number of rotatable bonds is 5. The topological polar surface area (TPSA) is 49.4 Å². The van der Waals surface area contributed by atoms with E-state index in [2.05, 4.69) is 5.32 Å². The molecule has 1 aromatic carbocycles. The molecule has 0 atom stereocenters. The molecule has 0 unspecified atom stereocenters. The van der Waals surface area contributed by atoms with Gasteiger partial charge >= 0.3 is 0 Å². The summed E-state index contributed by atoms with van der Waals surface area (Å²) in [5.74, 6) is 0.246. The van der Waals surface area contributed by atoms with Gasteiger partial charge in [0.25, 0.3) is 0 Å². The monoisotopic (exact) mass is 342 g/mol. The van der Waals surface area contributed by atoms with Gasteiger partial charge in [0.15, 0.2) is 0 Å². The van der Waals surface area contributed by atoms with Crippen LogP contribution in [0.25, 0.3) is 0 Å². The van der Waals surface area contributed by atoms with Crippen molar-refractivity contribution >= 4 is 23.2 Å². The van der Waals surface area contributed by atoms with E-state index in [1.54, 1.807) is 11.3 Å². The summed E-state index contributed by atoms with van der Waals surface area (Å²) in [4.78, 5) is 27.4. The van der Waals surface area contributed by atoms with E-state index in [1.165, 1.54) is 0 Å². The molecule has 0 spiro atoms. The van der Waals surface area contributed by atoms with Gasteiger partial charge in [-0.05, 0) is 29.9 Å². The number of nitrogens with zero attached hydrogens (tertiary/aromatic N) is 1. The molecule has 1 saturated heterocycles. The minimum atomic E-state index is 0.0598. The molecule has 5 heteroatoms. The first-order valence-corrected chi connectivity index (χ1v) is 9.22. The third kappa shape index (κ3) is 4.68. The summed E-state index contributed by atoms with van der Waals surface area (Å²) in [6.45, 7) is 1.45. The predicted molar refractivity (Wildman–Crippen MR) is 95.9 cm³/mol. The standard InChI is InChI=1S/C19H22N2O2S/c22-18(13-15-5-2-1-3-6-15)20-16-8-10-21(11-9-16)19(23)14-17-7-4-12-24-17/h1-7,12,16H,8-11,13-14H2,(H,20,22). The number of amides is 2. The molecular weight excluding hydrogens is 320 g/mol. The third-order valence-electron chi connectivity index (χ3n) is 4.33. The average Bonchev–Trinajstić information content (AvgIpc) is 3.09. The second-order valence-electron chi connectivity index (χ2n) is 6.14. The van der Waals surface area contributed by atoms with Crippen LogP contribution in [0.5, 0.6) is 0 Å². The van der Waals surface area contributed by atoms with Crippen molar-refractivity contribution in [1.29, 1.82) is 0 Å².